The summed E-state index contributed by atoms with van der Waals surface area (Å²) in [5.74, 6) is -0.0324. The first-order valence-electron chi connectivity index (χ1n) is 38.5. The van der Waals surface area contributed by atoms with Gasteiger partial charge >= 0.3 is 5.97 Å². The van der Waals surface area contributed by atoms with Crippen LogP contribution in [0.15, 0.2) is 12.2 Å². The smallest absolute Gasteiger partial charge is 0.305 e. The molecule has 0 saturated heterocycles. The molecule has 2 unspecified atom stereocenters. The van der Waals surface area contributed by atoms with E-state index in [4.69, 9.17) is 4.74 Å². The Morgan fingerprint density at radius 2 is 0.554 bits per heavy atom. The van der Waals surface area contributed by atoms with E-state index < -0.39 is 12.1 Å². The van der Waals surface area contributed by atoms with E-state index in [1.54, 1.807) is 6.08 Å². The summed E-state index contributed by atoms with van der Waals surface area (Å²) in [7, 11) is 0. The third-order valence-corrected chi connectivity index (χ3v) is 18.3. The minimum absolute atomic E-state index is 0.0283. The molecule has 0 aromatic heterocycles. The number of hydrogen-bond acceptors (Lipinski definition) is 5. The lowest BCUT2D eigenvalue weighted by molar-refractivity contribution is -0.143. The lowest BCUT2D eigenvalue weighted by atomic mass is 10.0. The van der Waals surface area contributed by atoms with Crippen molar-refractivity contribution in [3.05, 3.63) is 12.2 Å². The van der Waals surface area contributed by atoms with Crippen molar-refractivity contribution in [3.63, 3.8) is 0 Å². The van der Waals surface area contributed by atoms with Crippen LogP contribution in [0.5, 0.6) is 0 Å². The van der Waals surface area contributed by atoms with Gasteiger partial charge in [-0.25, -0.2) is 0 Å². The molecular formula is C77H151NO5. The van der Waals surface area contributed by atoms with Crippen LogP contribution >= 0.6 is 0 Å². The SMILES string of the molecule is CCCCCCCCCCC/C=C/C(O)C(CO)NC(=O)CCCCCCCCCCCCCCCCCCCCCCCCCCCCCCCCCCCCCCCCCOC(=O)CCCCCCCCCCCCCCCCCC. The summed E-state index contributed by atoms with van der Waals surface area (Å²) in [5.41, 5.74) is 0. The van der Waals surface area contributed by atoms with Crippen molar-refractivity contribution in [2.24, 2.45) is 0 Å². The molecule has 0 bridgehead atoms. The van der Waals surface area contributed by atoms with Crippen molar-refractivity contribution in [2.75, 3.05) is 13.2 Å². The zero-order valence-electron chi connectivity index (χ0n) is 56.7. The van der Waals surface area contributed by atoms with E-state index >= 15 is 0 Å². The third kappa shape index (κ3) is 69.6. The number of amides is 1. The molecule has 0 aromatic rings. The van der Waals surface area contributed by atoms with Crippen molar-refractivity contribution >= 4 is 11.9 Å². The largest absolute Gasteiger partial charge is 0.466 e. The summed E-state index contributed by atoms with van der Waals surface area (Å²) >= 11 is 0. The Morgan fingerprint density at radius 3 is 0.819 bits per heavy atom. The number of esters is 1. The van der Waals surface area contributed by atoms with E-state index in [-0.39, 0.29) is 18.5 Å². The third-order valence-electron chi connectivity index (χ3n) is 18.3. The molecule has 0 aliphatic carbocycles. The van der Waals surface area contributed by atoms with Crippen LogP contribution in [0.3, 0.4) is 0 Å². The van der Waals surface area contributed by atoms with Gasteiger partial charge < -0.3 is 20.3 Å². The predicted octanol–water partition coefficient (Wildman–Crippen LogP) is 25.1. The highest BCUT2D eigenvalue weighted by molar-refractivity contribution is 5.76. The fraction of sp³-hybridized carbons (Fsp3) is 0.948. The van der Waals surface area contributed by atoms with Gasteiger partial charge in [0, 0.05) is 12.8 Å². The number of ether oxygens (including phenoxy) is 1. The Labute approximate surface area is 520 Å². The van der Waals surface area contributed by atoms with Crippen LogP contribution in [0, 0.1) is 0 Å². The summed E-state index contributed by atoms with van der Waals surface area (Å²) in [4.78, 5) is 24.5. The zero-order chi connectivity index (χ0) is 59.9. The fourth-order valence-electron chi connectivity index (χ4n) is 12.5. The number of hydrogen-bond donors (Lipinski definition) is 3. The molecule has 1 amide bonds. The number of aliphatic hydroxyl groups excluding tert-OH is 2. The summed E-state index contributed by atoms with van der Waals surface area (Å²) in [6, 6.07) is -0.621. The molecule has 6 nitrogen and oxygen atoms in total. The average Bonchev–Trinajstić information content (AvgIpc) is 3.49. The van der Waals surface area contributed by atoms with Gasteiger partial charge in [0.05, 0.1) is 25.4 Å². The maximum atomic E-state index is 12.4. The van der Waals surface area contributed by atoms with Gasteiger partial charge in [0.25, 0.3) is 0 Å². The second kappa shape index (κ2) is 73.1. The number of aliphatic hydroxyl groups is 2. The summed E-state index contributed by atoms with van der Waals surface area (Å²) in [6.07, 6.45) is 92.1. The maximum absolute atomic E-state index is 12.4. The van der Waals surface area contributed by atoms with Crippen LogP contribution in [0.1, 0.15) is 444 Å². The predicted molar refractivity (Wildman–Crippen MR) is 366 cm³/mol. The molecule has 0 radical (unpaired) electrons. The minimum Gasteiger partial charge on any atom is -0.466 e. The van der Waals surface area contributed by atoms with Gasteiger partial charge in [-0.15, -0.1) is 0 Å². The molecule has 0 fully saturated rings. The molecule has 0 heterocycles. The van der Waals surface area contributed by atoms with Crippen LogP contribution in [0.4, 0.5) is 0 Å². The van der Waals surface area contributed by atoms with Crippen LogP contribution in [-0.2, 0) is 14.3 Å². The fourth-order valence-corrected chi connectivity index (χ4v) is 12.5. The molecule has 0 rings (SSSR count). The van der Waals surface area contributed by atoms with Crippen molar-refractivity contribution in [3.8, 4) is 0 Å². The highest BCUT2D eigenvalue weighted by Crippen LogP contribution is 2.20. The summed E-state index contributed by atoms with van der Waals surface area (Å²) in [6.45, 7) is 4.94. The maximum Gasteiger partial charge on any atom is 0.305 e. The molecule has 0 saturated carbocycles. The second-order valence-electron chi connectivity index (χ2n) is 26.7. The van der Waals surface area contributed by atoms with Crippen molar-refractivity contribution in [2.45, 2.75) is 456 Å². The van der Waals surface area contributed by atoms with Gasteiger partial charge in [-0.3, -0.25) is 9.59 Å². The second-order valence-corrected chi connectivity index (χ2v) is 26.7. The van der Waals surface area contributed by atoms with Crippen LogP contribution in [0.2, 0.25) is 0 Å². The molecule has 0 spiro atoms. The lowest BCUT2D eigenvalue weighted by Gasteiger charge is -2.20. The molecular weight excluding hydrogens is 1020 g/mol. The monoisotopic (exact) mass is 1170 g/mol. The molecule has 6 heteroatoms. The molecule has 2 atom stereocenters. The number of carbonyl (C=O) groups excluding carboxylic acids is 2. The van der Waals surface area contributed by atoms with Gasteiger partial charge in [0.2, 0.25) is 5.91 Å². The number of rotatable bonds is 73. The van der Waals surface area contributed by atoms with Gasteiger partial charge in [0.15, 0.2) is 0 Å². The highest BCUT2D eigenvalue weighted by Gasteiger charge is 2.18. The van der Waals surface area contributed by atoms with Crippen molar-refractivity contribution in [1.29, 1.82) is 0 Å². The topological polar surface area (TPSA) is 95.9 Å². The van der Waals surface area contributed by atoms with Gasteiger partial charge in [0.1, 0.15) is 0 Å². The quantitative estimate of drug-likeness (QED) is 0.0320. The van der Waals surface area contributed by atoms with E-state index in [0.29, 0.717) is 19.4 Å². The number of allylic oxidation sites excluding steroid dienone is 1. The van der Waals surface area contributed by atoms with Gasteiger partial charge in [-0.05, 0) is 32.1 Å². The lowest BCUT2D eigenvalue weighted by Crippen LogP contribution is -2.45. The number of carbonyl (C=O) groups is 2. The van der Waals surface area contributed by atoms with Crippen LogP contribution < -0.4 is 5.32 Å². The first-order chi connectivity index (χ1) is 41.0. The normalized spacial score (nSPS) is 12.5. The van der Waals surface area contributed by atoms with Crippen LogP contribution in [0.25, 0.3) is 0 Å². The first kappa shape index (κ1) is 81.6. The van der Waals surface area contributed by atoms with E-state index in [1.165, 1.54) is 379 Å². The van der Waals surface area contributed by atoms with E-state index in [0.717, 1.165) is 38.5 Å². The summed E-state index contributed by atoms with van der Waals surface area (Å²) < 4.78 is 5.51. The molecule has 494 valence electrons. The highest BCUT2D eigenvalue weighted by atomic mass is 16.5. The molecule has 83 heavy (non-hydrogen) atoms. The van der Waals surface area contributed by atoms with Gasteiger partial charge in [-0.2, -0.15) is 0 Å². The number of nitrogens with one attached hydrogen (secondary N) is 1. The Kier molecular flexibility index (Phi) is 71.8. The van der Waals surface area contributed by atoms with E-state index in [2.05, 4.69) is 19.2 Å². The van der Waals surface area contributed by atoms with Crippen LogP contribution in [-0.4, -0.2) is 47.4 Å². The standard InChI is InChI=1S/C77H151NO5/c1-3-5-7-9-11-13-15-16-17-44-47-51-55-59-63-67-71-77(82)83-72-68-64-60-56-52-48-45-42-40-38-36-34-32-30-28-26-24-22-20-18-19-21-23-25-27-29-31-33-35-37-39-41-43-46-50-54-58-62-66-70-76(81)78-74(73-79)75(80)69-65-61-57-53-49-14-12-10-8-6-4-2/h65,69,74-75,79-80H,3-64,66-68,70-73H2,1-2H3,(H,78,81)/b69-65+. The molecule has 0 aliphatic rings. The van der Waals surface area contributed by atoms with Crippen molar-refractivity contribution < 1.29 is 24.5 Å². The minimum atomic E-state index is -0.838. The summed E-state index contributed by atoms with van der Waals surface area (Å²) in [5, 5.41) is 23.1. The zero-order valence-corrected chi connectivity index (χ0v) is 56.7. The Morgan fingerprint density at radius 1 is 0.325 bits per heavy atom. The Balaban J connectivity index is 3.26. The number of unbranched alkanes of at least 4 members (excludes halogenated alkanes) is 62. The first-order valence-corrected chi connectivity index (χ1v) is 38.5. The molecule has 0 aliphatic heterocycles. The van der Waals surface area contributed by atoms with E-state index in [1.807, 2.05) is 6.08 Å². The average molecular weight is 1170 g/mol. The van der Waals surface area contributed by atoms with Crippen molar-refractivity contribution in [1.82, 2.24) is 5.32 Å². The van der Waals surface area contributed by atoms with Gasteiger partial charge in [-0.1, -0.05) is 411 Å². The molecule has 3 N–H and O–H groups in total. The Hall–Kier alpha value is -1.40. The molecule has 0 aromatic carbocycles. The van der Waals surface area contributed by atoms with E-state index in [9.17, 15) is 19.8 Å². The Bertz CT molecular complexity index is 1260.